The van der Waals surface area contributed by atoms with Crippen LogP contribution in [0, 0.1) is 0 Å². The summed E-state index contributed by atoms with van der Waals surface area (Å²) < 4.78 is 0. The van der Waals surface area contributed by atoms with Crippen molar-refractivity contribution in [3.8, 4) is 0 Å². The lowest BCUT2D eigenvalue weighted by atomic mass is 10.1. The van der Waals surface area contributed by atoms with E-state index in [2.05, 4.69) is 4.90 Å². The van der Waals surface area contributed by atoms with Gasteiger partial charge >= 0.3 is 0 Å². The third-order valence-electron chi connectivity index (χ3n) is 3.44. The molecule has 104 valence electrons. The second-order valence-electron chi connectivity index (χ2n) is 4.81. The fraction of sp³-hybridized carbons (Fsp3) is 0.500. The Morgan fingerprint density at radius 3 is 2.37 bits per heavy atom. The topological polar surface area (TPSA) is 49.6 Å². The minimum atomic E-state index is 0.190. The number of nitrogens with two attached hydrogens (primary N) is 1. The fourth-order valence-corrected chi connectivity index (χ4v) is 2.42. The molecule has 1 heterocycles. The van der Waals surface area contributed by atoms with Gasteiger partial charge in [-0.25, -0.2) is 0 Å². The molecule has 1 aromatic carbocycles. The van der Waals surface area contributed by atoms with E-state index in [0.29, 0.717) is 18.0 Å². The number of amides is 1. The highest BCUT2D eigenvalue weighted by atomic mass is 35.5. The second-order valence-corrected chi connectivity index (χ2v) is 5.25. The van der Waals surface area contributed by atoms with Crippen LogP contribution in [0.5, 0.6) is 0 Å². The van der Waals surface area contributed by atoms with Crippen molar-refractivity contribution in [1.29, 1.82) is 0 Å². The molecule has 1 aromatic rings. The average Bonchev–Trinajstić information content (AvgIpc) is 2.42. The number of hydrogen-bond donors (Lipinski definition) is 1. The maximum Gasteiger partial charge on any atom is 0.227 e. The largest absolute Gasteiger partial charge is 0.340 e. The Bertz CT molecular complexity index is 413. The molecule has 0 unspecified atom stereocenters. The van der Waals surface area contributed by atoms with Gasteiger partial charge in [-0.15, -0.1) is 0 Å². The van der Waals surface area contributed by atoms with E-state index in [-0.39, 0.29) is 5.91 Å². The van der Waals surface area contributed by atoms with Crippen molar-refractivity contribution in [2.24, 2.45) is 5.73 Å². The number of carbonyl (C=O) groups excluding carboxylic acids is 1. The van der Waals surface area contributed by atoms with Crippen LogP contribution in [0.25, 0.3) is 0 Å². The van der Waals surface area contributed by atoms with Gasteiger partial charge in [0.2, 0.25) is 5.91 Å². The Balaban J connectivity index is 1.83. The number of hydrogen-bond acceptors (Lipinski definition) is 3. The summed E-state index contributed by atoms with van der Waals surface area (Å²) in [7, 11) is 0. The van der Waals surface area contributed by atoms with Gasteiger partial charge in [0.05, 0.1) is 6.42 Å². The van der Waals surface area contributed by atoms with E-state index in [9.17, 15) is 4.79 Å². The quantitative estimate of drug-likeness (QED) is 0.895. The van der Waals surface area contributed by atoms with E-state index in [1.54, 1.807) is 0 Å². The third kappa shape index (κ3) is 4.20. The van der Waals surface area contributed by atoms with Crippen LogP contribution in [0.1, 0.15) is 5.56 Å². The molecule has 0 atom stereocenters. The van der Waals surface area contributed by atoms with Crippen molar-refractivity contribution in [1.82, 2.24) is 9.80 Å². The molecule has 5 heteroatoms. The zero-order valence-corrected chi connectivity index (χ0v) is 11.8. The molecule has 1 aliphatic rings. The molecule has 19 heavy (non-hydrogen) atoms. The number of carbonyl (C=O) groups is 1. The number of halogens is 1. The van der Waals surface area contributed by atoms with E-state index in [1.165, 1.54) is 0 Å². The van der Waals surface area contributed by atoms with E-state index in [1.807, 2.05) is 29.2 Å². The summed E-state index contributed by atoms with van der Waals surface area (Å²) in [6.07, 6.45) is 0.452. The van der Waals surface area contributed by atoms with Crippen molar-refractivity contribution in [2.45, 2.75) is 6.42 Å². The lowest BCUT2D eigenvalue weighted by Crippen LogP contribution is -2.50. The van der Waals surface area contributed by atoms with E-state index in [4.69, 9.17) is 17.3 Å². The molecule has 0 spiro atoms. The van der Waals surface area contributed by atoms with Gasteiger partial charge in [0.15, 0.2) is 0 Å². The predicted octanol–water partition coefficient (Wildman–Crippen LogP) is 0.985. The Morgan fingerprint density at radius 2 is 1.79 bits per heavy atom. The molecule has 2 N–H and O–H groups in total. The molecule has 1 aliphatic heterocycles. The molecule has 1 fully saturated rings. The van der Waals surface area contributed by atoms with Crippen LogP contribution in [0.2, 0.25) is 5.02 Å². The van der Waals surface area contributed by atoms with E-state index < -0.39 is 0 Å². The summed E-state index contributed by atoms with van der Waals surface area (Å²) in [5, 5.41) is 0.701. The van der Waals surface area contributed by atoms with Crippen LogP contribution in [0.3, 0.4) is 0 Å². The molecule has 2 rings (SSSR count). The molecule has 1 saturated heterocycles. The highest BCUT2D eigenvalue weighted by Gasteiger charge is 2.20. The second kappa shape index (κ2) is 6.89. The van der Waals surface area contributed by atoms with Gasteiger partial charge < -0.3 is 10.6 Å². The van der Waals surface area contributed by atoms with Gasteiger partial charge in [0, 0.05) is 44.3 Å². The van der Waals surface area contributed by atoms with Gasteiger partial charge in [0.25, 0.3) is 0 Å². The monoisotopic (exact) mass is 281 g/mol. The van der Waals surface area contributed by atoms with Crippen molar-refractivity contribution in [2.75, 3.05) is 39.3 Å². The molecule has 0 radical (unpaired) electrons. The summed E-state index contributed by atoms with van der Waals surface area (Å²) in [4.78, 5) is 16.4. The van der Waals surface area contributed by atoms with E-state index >= 15 is 0 Å². The summed E-state index contributed by atoms with van der Waals surface area (Å²) in [5.74, 6) is 0.190. The van der Waals surface area contributed by atoms with Gasteiger partial charge in [-0.2, -0.15) is 0 Å². The lowest BCUT2D eigenvalue weighted by molar-refractivity contribution is -0.132. The Labute approximate surface area is 119 Å². The highest BCUT2D eigenvalue weighted by Crippen LogP contribution is 2.11. The predicted molar refractivity (Wildman–Crippen MR) is 77.2 cm³/mol. The minimum Gasteiger partial charge on any atom is -0.340 e. The molecule has 0 saturated carbocycles. The van der Waals surface area contributed by atoms with Gasteiger partial charge in [-0.05, 0) is 17.7 Å². The minimum absolute atomic E-state index is 0.190. The number of nitrogens with zero attached hydrogens (tertiary/aromatic N) is 2. The SMILES string of the molecule is NCCN1CCN(C(=O)Cc2ccc(Cl)cc2)CC1. The zero-order chi connectivity index (χ0) is 13.7. The van der Waals surface area contributed by atoms with Crippen molar-refractivity contribution < 1.29 is 4.79 Å². The van der Waals surface area contributed by atoms with Crippen molar-refractivity contribution in [3.63, 3.8) is 0 Å². The summed E-state index contributed by atoms with van der Waals surface area (Å²) in [5.41, 5.74) is 6.55. The Kier molecular flexibility index (Phi) is 5.19. The first-order valence-electron chi connectivity index (χ1n) is 6.63. The Hall–Kier alpha value is -1.10. The molecule has 4 nitrogen and oxygen atoms in total. The lowest BCUT2D eigenvalue weighted by Gasteiger charge is -2.34. The standard InChI is InChI=1S/C14H20ClN3O/c15-13-3-1-12(2-4-13)11-14(19)18-9-7-17(6-5-16)8-10-18/h1-4H,5-11,16H2. The normalized spacial score (nSPS) is 16.6. The van der Waals surface area contributed by atoms with Crippen LogP contribution < -0.4 is 5.73 Å². The molecule has 0 bridgehead atoms. The third-order valence-corrected chi connectivity index (χ3v) is 3.69. The van der Waals surface area contributed by atoms with E-state index in [0.717, 1.165) is 38.3 Å². The summed E-state index contributed by atoms with van der Waals surface area (Å²) >= 11 is 5.83. The molecule has 1 amide bonds. The highest BCUT2D eigenvalue weighted by molar-refractivity contribution is 6.30. The van der Waals surface area contributed by atoms with Crippen LogP contribution in [0.4, 0.5) is 0 Å². The van der Waals surface area contributed by atoms with Gasteiger partial charge in [0.1, 0.15) is 0 Å². The smallest absolute Gasteiger partial charge is 0.227 e. The first-order valence-corrected chi connectivity index (χ1v) is 7.01. The van der Waals surface area contributed by atoms with Crippen LogP contribution in [-0.4, -0.2) is 55.0 Å². The number of benzene rings is 1. The summed E-state index contributed by atoms with van der Waals surface area (Å²) in [6.45, 7) is 5.03. The van der Waals surface area contributed by atoms with Crippen molar-refractivity contribution >= 4 is 17.5 Å². The molecular formula is C14H20ClN3O. The molecular weight excluding hydrogens is 262 g/mol. The van der Waals surface area contributed by atoms with Gasteiger partial charge in [-0.1, -0.05) is 23.7 Å². The molecule has 0 aliphatic carbocycles. The van der Waals surface area contributed by atoms with Crippen LogP contribution in [0.15, 0.2) is 24.3 Å². The first kappa shape index (κ1) is 14.3. The number of piperazine rings is 1. The Morgan fingerprint density at radius 1 is 1.16 bits per heavy atom. The van der Waals surface area contributed by atoms with Gasteiger partial charge in [-0.3, -0.25) is 9.69 Å². The van der Waals surface area contributed by atoms with Crippen molar-refractivity contribution in [3.05, 3.63) is 34.9 Å². The maximum atomic E-state index is 12.2. The summed E-state index contributed by atoms with van der Waals surface area (Å²) in [6, 6.07) is 7.46. The maximum absolute atomic E-state index is 12.2. The first-order chi connectivity index (χ1) is 9.19. The zero-order valence-electron chi connectivity index (χ0n) is 11.0. The van der Waals surface area contributed by atoms with Crippen LogP contribution in [-0.2, 0) is 11.2 Å². The van der Waals surface area contributed by atoms with Crippen LogP contribution >= 0.6 is 11.6 Å². The molecule has 0 aromatic heterocycles. The number of rotatable bonds is 4. The fourth-order valence-electron chi connectivity index (χ4n) is 2.29. The average molecular weight is 282 g/mol.